The fourth-order valence-electron chi connectivity index (χ4n) is 2.45. The van der Waals surface area contributed by atoms with Gasteiger partial charge in [-0.05, 0) is 49.9 Å². The maximum Gasteiger partial charge on any atom is 0.251 e. The van der Waals surface area contributed by atoms with Crippen molar-refractivity contribution in [3.63, 3.8) is 0 Å². The first kappa shape index (κ1) is 12.9. The van der Waals surface area contributed by atoms with Crippen molar-refractivity contribution >= 4 is 0 Å². The number of hydrogen-bond donors (Lipinski definition) is 1. The number of nitrogens with one attached hydrogen (secondary N) is 1. The number of ether oxygens (including phenoxy) is 1. The topological polar surface area (TPSA) is 55.0 Å². The molecular weight excluding hydrogens is 252 g/mol. The van der Waals surface area contributed by atoms with Gasteiger partial charge < -0.3 is 9.72 Å². The van der Waals surface area contributed by atoms with Crippen LogP contribution in [0.5, 0.6) is 5.75 Å². The van der Waals surface area contributed by atoms with Crippen molar-refractivity contribution in [3.05, 3.63) is 45.5 Å². The SMILES string of the molecule is COc1cc(C)c(-c2cc(=O)[nH]c(C3CC3)n2)cc1C. The summed E-state index contributed by atoms with van der Waals surface area (Å²) >= 11 is 0. The summed E-state index contributed by atoms with van der Waals surface area (Å²) < 4.78 is 5.32. The molecule has 0 bridgehead atoms. The molecule has 104 valence electrons. The summed E-state index contributed by atoms with van der Waals surface area (Å²) in [6.45, 7) is 4.01. The van der Waals surface area contributed by atoms with E-state index in [0.29, 0.717) is 5.92 Å². The molecule has 0 spiro atoms. The molecule has 1 heterocycles. The van der Waals surface area contributed by atoms with E-state index in [1.54, 1.807) is 13.2 Å². The van der Waals surface area contributed by atoms with Gasteiger partial charge in [0.05, 0.1) is 12.8 Å². The Morgan fingerprint density at radius 1 is 1.20 bits per heavy atom. The second kappa shape index (κ2) is 4.78. The van der Waals surface area contributed by atoms with Gasteiger partial charge in [-0.2, -0.15) is 0 Å². The summed E-state index contributed by atoms with van der Waals surface area (Å²) in [7, 11) is 1.66. The maximum absolute atomic E-state index is 11.8. The normalized spacial score (nSPS) is 14.3. The first-order chi connectivity index (χ1) is 9.58. The third-order valence-electron chi connectivity index (χ3n) is 3.74. The standard InChI is InChI=1S/C16H18N2O2/c1-9-7-14(20-3)10(2)6-12(9)13-8-15(19)18-16(17-13)11-4-5-11/h6-8,11H,4-5H2,1-3H3,(H,17,18,19). The Hall–Kier alpha value is -2.10. The highest BCUT2D eigenvalue weighted by Gasteiger charge is 2.26. The first-order valence-corrected chi connectivity index (χ1v) is 6.85. The highest BCUT2D eigenvalue weighted by atomic mass is 16.5. The number of aryl methyl sites for hydroxylation is 2. The van der Waals surface area contributed by atoms with Crippen molar-refractivity contribution in [1.82, 2.24) is 9.97 Å². The van der Waals surface area contributed by atoms with E-state index in [2.05, 4.69) is 9.97 Å². The Balaban J connectivity index is 2.13. The molecule has 4 nitrogen and oxygen atoms in total. The van der Waals surface area contributed by atoms with Crippen molar-refractivity contribution in [2.75, 3.05) is 7.11 Å². The molecule has 0 atom stereocenters. The van der Waals surface area contributed by atoms with Gasteiger partial charge in [0, 0.05) is 17.5 Å². The van der Waals surface area contributed by atoms with Crippen LogP contribution in [-0.4, -0.2) is 17.1 Å². The van der Waals surface area contributed by atoms with E-state index >= 15 is 0 Å². The molecule has 1 aromatic heterocycles. The summed E-state index contributed by atoms with van der Waals surface area (Å²) in [5.41, 5.74) is 3.77. The minimum Gasteiger partial charge on any atom is -0.496 e. The van der Waals surface area contributed by atoms with Crippen LogP contribution in [0.25, 0.3) is 11.3 Å². The van der Waals surface area contributed by atoms with Gasteiger partial charge in [0.2, 0.25) is 0 Å². The molecule has 3 rings (SSSR count). The number of methoxy groups -OCH3 is 1. The molecule has 2 aromatic rings. The molecule has 0 aliphatic heterocycles. The van der Waals surface area contributed by atoms with Crippen molar-refractivity contribution in [2.45, 2.75) is 32.6 Å². The first-order valence-electron chi connectivity index (χ1n) is 6.85. The van der Waals surface area contributed by atoms with Crippen molar-refractivity contribution < 1.29 is 4.74 Å². The van der Waals surface area contributed by atoms with Crippen molar-refractivity contribution in [1.29, 1.82) is 0 Å². The molecule has 0 radical (unpaired) electrons. The van der Waals surface area contributed by atoms with Crippen LogP contribution in [0.4, 0.5) is 0 Å². The van der Waals surface area contributed by atoms with Crippen LogP contribution in [0.2, 0.25) is 0 Å². The lowest BCUT2D eigenvalue weighted by atomic mass is 10.0. The third kappa shape index (κ3) is 2.33. The highest BCUT2D eigenvalue weighted by Crippen LogP contribution is 2.38. The zero-order chi connectivity index (χ0) is 14.3. The van der Waals surface area contributed by atoms with Crippen LogP contribution < -0.4 is 10.3 Å². The average molecular weight is 270 g/mol. The molecule has 1 aliphatic rings. The van der Waals surface area contributed by atoms with Crippen LogP contribution in [-0.2, 0) is 0 Å². The predicted octanol–water partition coefficient (Wildman–Crippen LogP) is 2.94. The highest BCUT2D eigenvalue weighted by molar-refractivity contribution is 5.66. The monoisotopic (exact) mass is 270 g/mol. The Labute approximate surface area is 117 Å². The van der Waals surface area contributed by atoms with Crippen LogP contribution in [0.1, 0.15) is 35.7 Å². The maximum atomic E-state index is 11.8. The molecule has 1 saturated carbocycles. The Morgan fingerprint density at radius 2 is 1.95 bits per heavy atom. The van der Waals surface area contributed by atoms with Gasteiger partial charge >= 0.3 is 0 Å². The Bertz CT molecular complexity index is 715. The lowest BCUT2D eigenvalue weighted by Crippen LogP contribution is -2.10. The molecule has 1 fully saturated rings. The molecule has 0 amide bonds. The smallest absolute Gasteiger partial charge is 0.251 e. The quantitative estimate of drug-likeness (QED) is 0.933. The number of benzene rings is 1. The largest absolute Gasteiger partial charge is 0.496 e. The van der Waals surface area contributed by atoms with E-state index < -0.39 is 0 Å². The number of H-pyrrole nitrogens is 1. The Morgan fingerprint density at radius 3 is 2.60 bits per heavy atom. The van der Waals surface area contributed by atoms with Gasteiger partial charge in [-0.15, -0.1) is 0 Å². The number of rotatable bonds is 3. The molecule has 0 saturated heterocycles. The lowest BCUT2D eigenvalue weighted by molar-refractivity contribution is 0.411. The summed E-state index contributed by atoms with van der Waals surface area (Å²) in [4.78, 5) is 19.3. The second-order valence-electron chi connectivity index (χ2n) is 5.43. The lowest BCUT2D eigenvalue weighted by Gasteiger charge is -2.11. The second-order valence-corrected chi connectivity index (χ2v) is 5.43. The zero-order valence-electron chi connectivity index (χ0n) is 12.0. The van der Waals surface area contributed by atoms with Gasteiger partial charge in [0.15, 0.2) is 0 Å². The molecule has 1 N–H and O–H groups in total. The summed E-state index contributed by atoms with van der Waals surface area (Å²) in [5.74, 6) is 2.11. The van der Waals surface area contributed by atoms with Gasteiger partial charge in [0.1, 0.15) is 11.6 Å². The van der Waals surface area contributed by atoms with Crippen LogP contribution in [0, 0.1) is 13.8 Å². The van der Waals surface area contributed by atoms with E-state index in [1.807, 2.05) is 26.0 Å². The number of aromatic nitrogens is 2. The minimum atomic E-state index is -0.0789. The van der Waals surface area contributed by atoms with E-state index in [-0.39, 0.29) is 5.56 Å². The van der Waals surface area contributed by atoms with E-state index in [1.165, 1.54) is 0 Å². The summed E-state index contributed by atoms with van der Waals surface area (Å²) in [5, 5.41) is 0. The zero-order valence-corrected chi connectivity index (χ0v) is 12.0. The fraction of sp³-hybridized carbons (Fsp3) is 0.375. The van der Waals surface area contributed by atoms with Gasteiger partial charge in [-0.1, -0.05) is 0 Å². The molecule has 20 heavy (non-hydrogen) atoms. The van der Waals surface area contributed by atoms with Crippen LogP contribution in [0.3, 0.4) is 0 Å². The summed E-state index contributed by atoms with van der Waals surface area (Å²) in [6, 6.07) is 5.59. The minimum absolute atomic E-state index is 0.0789. The fourth-order valence-corrected chi connectivity index (χ4v) is 2.45. The van der Waals surface area contributed by atoms with Gasteiger partial charge in [-0.3, -0.25) is 4.79 Å². The number of hydrogen-bond acceptors (Lipinski definition) is 3. The van der Waals surface area contributed by atoms with E-state index in [0.717, 1.165) is 46.8 Å². The molecule has 4 heteroatoms. The van der Waals surface area contributed by atoms with E-state index in [9.17, 15) is 4.79 Å². The average Bonchev–Trinajstić information content (AvgIpc) is 3.24. The molecular formula is C16H18N2O2. The van der Waals surface area contributed by atoms with Gasteiger partial charge in [0.25, 0.3) is 5.56 Å². The number of nitrogens with zero attached hydrogens (tertiary/aromatic N) is 1. The Kier molecular flexibility index (Phi) is 3.08. The van der Waals surface area contributed by atoms with Crippen LogP contribution >= 0.6 is 0 Å². The number of aromatic amines is 1. The van der Waals surface area contributed by atoms with Crippen molar-refractivity contribution in [2.24, 2.45) is 0 Å². The molecule has 1 aromatic carbocycles. The van der Waals surface area contributed by atoms with Gasteiger partial charge in [-0.25, -0.2) is 4.98 Å². The molecule has 1 aliphatic carbocycles. The molecule has 0 unspecified atom stereocenters. The van der Waals surface area contributed by atoms with Crippen molar-refractivity contribution in [3.8, 4) is 17.0 Å². The predicted molar refractivity (Wildman–Crippen MR) is 78.3 cm³/mol. The van der Waals surface area contributed by atoms with E-state index in [4.69, 9.17) is 4.74 Å². The van der Waals surface area contributed by atoms with Crippen LogP contribution in [0.15, 0.2) is 23.0 Å². The third-order valence-corrected chi connectivity index (χ3v) is 3.74. The summed E-state index contributed by atoms with van der Waals surface area (Å²) in [6.07, 6.45) is 2.24.